The largest absolute Gasteiger partial charge is 0.463 e. The summed E-state index contributed by atoms with van der Waals surface area (Å²) < 4.78 is 5.02. The van der Waals surface area contributed by atoms with Crippen LogP contribution in [-0.2, 0) is 14.3 Å². The molecule has 128 valence electrons. The number of hydrogen-bond donors (Lipinski definition) is 1. The smallest absolute Gasteiger partial charge is 0.302 e. The van der Waals surface area contributed by atoms with E-state index in [0.29, 0.717) is 5.69 Å². The number of esters is 1. The lowest BCUT2D eigenvalue weighted by atomic mass is 10.0. The lowest BCUT2D eigenvalue weighted by Gasteiger charge is -2.18. The molecule has 0 unspecified atom stereocenters. The van der Waals surface area contributed by atoms with Crippen molar-refractivity contribution in [3.8, 4) is 6.07 Å². The van der Waals surface area contributed by atoms with E-state index < -0.39 is 17.9 Å². The summed E-state index contributed by atoms with van der Waals surface area (Å²) in [4.78, 5) is 27.6. The second-order valence-electron chi connectivity index (χ2n) is 5.40. The van der Waals surface area contributed by atoms with Gasteiger partial charge in [-0.1, -0.05) is 42.5 Å². The fourth-order valence-electron chi connectivity index (χ4n) is 2.19. The van der Waals surface area contributed by atoms with Crippen molar-refractivity contribution in [2.45, 2.75) is 13.0 Å². The topological polar surface area (TPSA) is 92.1 Å². The average Bonchev–Trinajstić information content (AvgIpc) is 2.63. The molecule has 1 aromatic carbocycles. The zero-order valence-corrected chi connectivity index (χ0v) is 14.2. The number of ether oxygens (including phenoxy) is 1. The van der Waals surface area contributed by atoms with Crippen LogP contribution in [0.4, 0.5) is 0 Å². The Kier molecular flexibility index (Phi) is 6.69. The van der Waals surface area contributed by atoms with E-state index in [1.165, 1.54) is 13.0 Å². The van der Waals surface area contributed by atoms with Crippen LogP contribution in [0.3, 0.4) is 0 Å². The number of rotatable bonds is 6. The quantitative estimate of drug-likeness (QED) is 0.368. The van der Waals surface area contributed by atoms with Gasteiger partial charge in [0, 0.05) is 6.92 Å². The van der Waals surface area contributed by atoms with E-state index in [9.17, 15) is 14.9 Å². The van der Waals surface area contributed by atoms with E-state index in [1.807, 2.05) is 12.1 Å². The molecule has 1 heterocycles. The monoisotopic (exact) mass is 345 g/mol. The average molecular weight is 345 g/mol. The minimum absolute atomic E-state index is 0.0413. The first-order chi connectivity index (χ1) is 12.5. The van der Waals surface area contributed by atoms with Gasteiger partial charge in [0.25, 0.3) is 5.91 Å². The standard InChI is InChI=1S/C19H16BN3O3/c1-13(24)26-12-17(14-6-3-2-4-7-14)23-19(25)15(11-21)10-16-8-5-9-18(20)22-16/h2-10,17H,12H2,1H3,(H,23,25)/b15-10+/t17-/m0/s1. The van der Waals surface area contributed by atoms with Crippen molar-refractivity contribution < 1.29 is 14.3 Å². The first kappa shape index (κ1) is 18.9. The molecule has 2 radical (unpaired) electrons. The van der Waals surface area contributed by atoms with Crippen LogP contribution in [-0.4, -0.2) is 31.3 Å². The molecule has 0 saturated carbocycles. The van der Waals surface area contributed by atoms with Crippen LogP contribution in [0.2, 0.25) is 0 Å². The Morgan fingerprint density at radius 1 is 1.27 bits per heavy atom. The van der Waals surface area contributed by atoms with E-state index in [0.717, 1.165) is 5.56 Å². The molecule has 0 aliphatic rings. The third-order valence-electron chi connectivity index (χ3n) is 3.41. The van der Waals surface area contributed by atoms with Crippen LogP contribution in [0.25, 0.3) is 6.08 Å². The van der Waals surface area contributed by atoms with Gasteiger partial charge in [-0.05, 0) is 23.3 Å². The van der Waals surface area contributed by atoms with Crippen LogP contribution in [0.1, 0.15) is 24.2 Å². The molecule has 0 bridgehead atoms. The molecule has 0 fully saturated rings. The summed E-state index contributed by atoms with van der Waals surface area (Å²) in [6.07, 6.45) is 1.35. The molecule has 1 amide bonds. The molecule has 6 nitrogen and oxygen atoms in total. The molecule has 0 aliphatic carbocycles. The number of hydrogen-bond acceptors (Lipinski definition) is 5. The normalized spacial score (nSPS) is 11.9. The molecule has 1 atom stereocenters. The summed E-state index contributed by atoms with van der Waals surface area (Å²) in [6.45, 7) is 1.25. The van der Waals surface area contributed by atoms with Gasteiger partial charge in [0.15, 0.2) is 0 Å². The summed E-state index contributed by atoms with van der Waals surface area (Å²) in [5.74, 6) is -1.06. The summed E-state index contributed by atoms with van der Waals surface area (Å²) in [5.41, 5.74) is 1.30. The van der Waals surface area contributed by atoms with Gasteiger partial charge in [-0.3, -0.25) is 14.6 Å². The molecular weight excluding hydrogens is 329 g/mol. The highest BCUT2D eigenvalue weighted by Gasteiger charge is 2.18. The first-order valence-electron chi connectivity index (χ1n) is 7.83. The van der Waals surface area contributed by atoms with E-state index >= 15 is 0 Å². The molecule has 2 rings (SSSR count). The van der Waals surface area contributed by atoms with Gasteiger partial charge >= 0.3 is 5.97 Å². The van der Waals surface area contributed by atoms with Crippen molar-refractivity contribution >= 4 is 31.4 Å². The number of amides is 1. The zero-order chi connectivity index (χ0) is 18.9. The predicted molar refractivity (Wildman–Crippen MR) is 97.2 cm³/mol. The third-order valence-corrected chi connectivity index (χ3v) is 3.41. The van der Waals surface area contributed by atoms with Crippen molar-refractivity contribution in [1.82, 2.24) is 10.3 Å². The lowest BCUT2D eigenvalue weighted by Crippen LogP contribution is -2.32. The fourth-order valence-corrected chi connectivity index (χ4v) is 2.19. The summed E-state index contributed by atoms with van der Waals surface area (Å²) in [7, 11) is 5.60. The van der Waals surface area contributed by atoms with E-state index in [4.69, 9.17) is 12.6 Å². The number of carbonyl (C=O) groups excluding carboxylic acids is 2. The molecule has 1 N–H and O–H groups in total. The molecule has 2 aromatic rings. The van der Waals surface area contributed by atoms with Gasteiger partial charge in [-0.25, -0.2) is 0 Å². The lowest BCUT2D eigenvalue weighted by molar-refractivity contribution is -0.142. The molecule has 0 spiro atoms. The zero-order valence-electron chi connectivity index (χ0n) is 14.2. The van der Waals surface area contributed by atoms with Gasteiger partial charge in [0.05, 0.1) is 11.7 Å². The van der Waals surface area contributed by atoms with Gasteiger partial charge < -0.3 is 10.1 Å². The Hall–Kier alpha value is -3.40. The van der Waals surface area contributed by atoms with E-state index in [2.05, 4.69) is 10.3 Å². The number of benzene rings is 1. The van der Waals surface area contributed by atoms with Crippen LogP contribution in [0.15, 0.2) is 54.1 Å². The molecule has 26 heavy (non-hydrogen) atoms. The molecule has 0 aliphatic heterocycles. The van der Waals surface area contributed by atoms with Crippen LogP contribution in [0, 0.1) is 11.3 Å². The number of nitrogens with zero attached hydrogens (tertiary/aromatic N) is 2. The van der Waals surface area contributed by atoms with Gasteiger partial charge in [0.1, 0.15) is 26.1 Å². The highest BCUT2D eigenvalue weighted by Crippen LogP contribution is 2.14. The van der Waals surface area contributed by atoms with Crippen LogP contribution in [0.5, 0.6) is 0 Å². The Bertz CT molecular complexity index is 860. The van der Waals surface area contributed by atoms with E-state index in [1.54, 1.807) is 42.5 Å². The maximum absolute atomic E-state index is 12.5. The predicted octanol–water partition coefficient (Wildman–Crippen LogP) is 1.20. The molecule has 0 saturated heterocycles. The Morgan fingerprint density at radius 3 is 2.62 bits per heavy atom. The van der Waals surface area contributed by atoms with Crippen molar-refractivity contribution in [3.63, 3.8) is 0 Å². The molecule has 7 heteroatoms. The van der Waals surface area contributed by atoms with Crippen LogP contribution >= 0.6 is 0 Å². The van der Waals surface area contributed by atoms with E-state index in [-0.39, 0.29) is 17.8 Å². The second kappa shape index (κ2) is 9.18. The Labute approximate surface area is 152 Å². The number of nitrogens with one attached hydrogen (secondary N) is 1. The van der Waals surface area contributed by atoms with Crippen molar-refractivity contribution in [1.29, 1.82) is 5.26 Å². The minimum Gasteiger partial charge on any atom is -0.463 e. The van der Waals surface area contributed by atoms with Crippen molar-refractivity contribution in [3.05, 3.63) is 65.4 Å². The van der Waals surface area contributed by atoms with Crippen molar-refractivity contribution in [2.75, 3.05) is 6.61 Å². The fraction of sp³-hybridized carbons (Fsp3) is 0.158. The number of pyridine rings is 1. The maximum Gasteiger partial charge on any atom is 0.302 e. The summed E-state index contributed by atoms with van der Waals surface area (Å²) >= 11 is 0. The highest BCUT2D eigenvalue weighted by atomic mass is 16.5. The second-order valence-corrected chi connectivity index (χ2v) is 5.40. The third kappa shape index (κ3) is 5.60. The summed E-state index contributed by atoms with van der Waals surface area (Å²) in [5, 5.41) is 12.0. The maximum atomic E-state index is 12.5. The van der Waals surface area contributed by atoms with Crippen LogP contribution < -0.4 is 10.9 Å². The number of aromatic nitrogens is 1. The SMILES string of the molecule is [B]c1cccc(/C=C(\C#N)C(=O)N[C@@H](COC(C)=O)c2ccccc2)n1. The Balaban J connectivity index is 2.21. The minimum atomic E-state index is -0.599. The van der Waals surface area contributed by atoms with Crippen molar-refractivity contribution in [2.24, 2.45) is 0 Å². The number of carbonyl (C=O) groups is 2. The van der Waals surface area contributed by atoms with Gasteiger partial charge in [-0.2, -0.15) is 5.26 Å². The highest BCUT2D eigenvalue weighted by molar-refractivity contribution is 6.30. The summed E-state index contributed by atoms with van der Waals surface area (Å²) in [6, 6.07) is 15.2. The first-order valence-corrected chi connectivity index (χ1v) is 7.83. The van der Waals surface area contributed by atoms with Gasteiger partial charge in [0.2, 0.25) is 0 Å². The van der Waals surface area contributed by atoms with Gasteiger partial charge in [-0.15, -0.1) is 0 Å². The Morgan fingerprint density at radius 2 is 2.00 bits per heavy atom. The molecular formula is C19H16BN3O3. The molecule has 1 aromatic heterocycles. The number of nitriles is 1.